The number of halogens is 1. The van der Waals surface area contributed by atoms with Gasteiger partial charge in [0.25, 0.3) is 0 Å². The number of rotatable bonds is 6. The molecule has 17 heavy (non-hydrogen) atoms. The van der Waals surface area contributed by atoms with Crippen LogP contribution >= 0.6 is 0 Å². The molecule has 2 rings (SSSR count). The van der Waals surface area contributed by atoms with Crippen LogP contribution in [0.2, 0.25) is 0 Å². The zero-order valence-corrected chi connectivity index (χ0v) is 10.7. The predicted molar refractivity (Wildman–Crippen MR) is 69.8 cm³/mol. The first-order valence-electron chi connectivity index (χ1n) is 6.51. The van der Waals surface area contributed by atoms with Gasteiger partial charge >= 0.3 is 0 Å². The van der Waals surface area contributed by atoms with Crippen LogP contribution in [0.15, 0.2) is 18.2 Å². The molecule has 0 saturated heterocycles. The molecule has 1 aromatic carbocycles. The number of nitrogens with one attached hydrogen (secondary N) is 1. The standard InChI is InChI=1S/C14H21FN2/c1-3-17(4-2)14-8-5-12(15)9-11(14)10-16-13-6-7-13/h5,8-9,13,16H,3-4,6-7,10H2,1-2H3. The molecule has 0 heterocycles. The van der Waals surface area contributed by atoms with E-state index in [0.29, 0.717) is 6.04 Å². The summed E-state index contributed by atoms with van der Waals surface area (Å²) in [6.45, 7) is 6.95. The van der Waals surface area contributed by atoms with Gasteiger partial charge in [-0.15, -0.1) is 0 Å². The Labute approximate surface area is 103 Å². The maximum atomic E-state index is 13.3. The Morgan fingerprint density at radius 3 is 2.59 bits per heavy atom. The van der Waals surface area contributed by atoms with Gasteiger partial charge in [0.05, 0.1) is 0 Å². The van der Waals surface area contributed by atoms with Gasteiger partial charge in [-0.05, 0) is 50.5 Å². The van der Waals surface area contributed by atoms with Crippen molar-refractivity contribution in [2.75, 3.05) is 18.0 Å². The molecule has 0 aromatic heterocycles. The lowest BCUT2D eigenvalue weighted by Crippen LogP contribution is -2.25. The van der Waals surface area contributed by atoms with Crippen molar-refractivity contribution < 1.29 is 4.39 Å². The number of hydrogen-bond donors (Lipinski definition) is 1. The van der Waals surface area contributed by atoms with E-state index in [1.54, 1.807) is 12.1 Å². The normalized spacial score (nSPS) is 15.0. The van der Waals surface area contributed by atoms with Crippen molar-refractivity contribution in [3.63, 3.8) is 0 Å². The molecule has 0 amide bonds. The van der Waals surface area contributed by atoms with E-state index in [9.17, 15) is 4.39 Å². The third-order valence-electron chi connectivity index (χ3n) is 3.30. The molecule has 1 aliphatic carbocycles. The summed E-state index contributed by atoms with van der Waals surface area (Å²) in [6, 6.07) is 5.76. The minimum Gasteiger partial charge on any atom is -0.372 e. The SMILES string of the molecule is CCN(CC)c1ccc(F)cc1CNC1CC1. The molecule has 0 spiro atoms. The van der Waals surface area contributed by atoms with Crippen LogP contribution in [0.1, 0.15) is 32.3 Å². The molecule has 3 heteroatoms. The Hall–Kier alpha value is -1.09. The molecule has 0 aliphatic heterocycles. The van der Waals surface area contributed by atoms with Crippen molar-refractivity contribution >= 4 is 5.69 Å². The fourth-order valence-corrected chi connectivity index (χ4v) is 2.11. The van der Waals surface area contributed by atoms with Crippen LogP contribution in [-0.2, 0) is 6.54 Å². The van der Waals surface area contributed by atoms with Gasteiger partial charge in [0, 0.05) is 31.4 Å². The zero-order valence-electron chi connectivity index (χ0n) is 10.7. The minimum absolute atomic E-state index is 0.145. The van der Waals surface area contributed by atoms with Gasteiger partial charge in [-0.1, -0.05) is 0 Å². The third kappa shape index (κ3) is 3.19. The second-order valence-electron chi connectivity index (χ2n) is 4.60. The number of anilines is 1. The zero-order chi connectivity index (χ0) is 12.3. The molecular formula is C14H21FN2. The second kappa shape index (κ2) is 5.50. The average molecular weight is 236 g/mol. The quantitative estimate of drug-likeness (QED) is 0.817. The highest BCUT2D eigenvalue weighted by molar-refractivity contribution is 5.53. The summed E-state index contributed by atoms with van der Waals surface area (Å²) in [4.78, 5) is 2.27. The van der Waals surface area contributed by atoms with Gasteiger partial charge in [0.2, 0.25) is 0 Å². The first-order chi connectivity index (χ1) is 8.24. The van der Waals surface area contributed by atoms with Crippen molar-refractivity contribution in [3.05, 3.63) is 29.6 Å². The van der Waals surface area contributed by atoms with Crippen LogP contribution in [0.25, 0.3) is 0 Å². The van der Waals surface area contributed by atoms with Crippen molar-refractivity contribution in [1.82, 2.24) is 5.32 Å². The highest BCUT2D eigenvalue weighted by Crippen LogP contribution is 2.24. The van der Waals surface area contributed by atoms with Crippen molar-refractivity contribution in [2.24, 2.45) is 0 Å². The highest BCUT2D eigenvalue weighted by atomic mass is 19.1. The molecular weight excluding hydrogens is 215 g/mol. The molecule has 2 nitrogen and oxygen atoms in total. The lowest BCUT2D eigenvalue weighted by Gasteiger charge is -2.24. The van der Waals surface area contributed by atoms with Crippen molar-refractivity contribution in [2.45, 2.75) is 39.3 Å². The summed E-state index contributed by atoms with van der Waals surface area (Å²) >= 11 is 0. The van der Waals surface area contributed by atoms with Crippen LogP contribution in [0.4, 0.5) is 10.1 Å². The van der Waals surface area contributed by atoms with Gasteiger partial charge in [-0.25, -0.2) is 4.39 Å². The van der Waals surface area contributed by atoms with Gasteiger partial charge in [0.15, 0.2) is 0 Å². The van der Waals surface area contributed by atoms with Crippen LogP contribution in [0.5, 0.6) is 0 Å². The van der Waals surface area contributed by atoms with E-state index >= 15 is 0 Å². The fourth-order valence-electron chi connectivity index (χ4n) is 2.11. The summed E-state index contributed by atoms with van der Waals surface area (Å²) in [5, 5.41) is 3.45. The van der Waals surface area contributed by atoms with E-state index < -0.39 is 0 Å². The molecule has 0 unspecified atom stereocenters. The molecule has 1 N–H and O–H groups in total. The fraction of sp³-hybridized carbons (Fsp3) is 0.571. The first kappa shape index (κ1) is 12.4. The summed E-state index contributed by atoms with van der Waals surface area (Å²) in [6.07, 6.45) is 2.52. The molecule has 0 bridgehead atoms. The molecule has 1 aromatic rings. The van der Waals surface area contributed by atoms with Crippen LogP contribution in [0, 0.1) is 5.82 Å². The van der Waals surface area contributed by atoms with Gasteiger partial charge in [-0.3, -0.25) is 0 Å². The van der Waals surface area contributed by atoms with E-state index in [0.717, 1.165) is 30.9 Å². The highest BCUT2D eigenvalue weighted by Gasteiger charge is 2.21. The Morgan fingerprint density at radius 1 is 1.29 bits per heavy atom. The smallest absolute Gasteiger partial charge is 0.123 e. The van der Waals surface area contributed by atoms with E-state index in [4.69, 9.17) is 0 Å². The monoisotopic (exact) mass is 236 g/mol. The minimum atomic E-state index is -0.145. The van der Waals surface area contributed by atoms with E-state index in [-0.39, 0.29) is 5.82 Å². The maximum absolute atomic E-state index is 13.3. The lowest BCUT2D eigenvalue weighted by molar-refractivity contribution is 0.618. The van der Waals surface area contributed by atoms with Crippen molar-refractivity contribution in [3.8, 4) is 0 Å². The number of hydrogen-bond acceptors (Lipinski definition) is 2. The Balaban J connectivity index is 2.15. The lowest BCUT2D eigenvalue weighted by atomic mass is 10.1. The summed E-state index contributed by atoms with van der Waals surface area (Å²) < 4.78 is 13.3. The predicted octanol–water partition coefficient (Wildman–Crippen LogP) is 2.92. The summed E-state index contributed by atoms with van der Waals surface area (Å²) in [5.74, 6) is -0.145. The van der Waals surface area contributed by atoms with Gasteiger partial charge in [-0.2, -0.15) is 0 Å². The second-order valence-corrected chi connectivity index (χ2v) is 4.60. The largest absolute Gasteiger partial charge is 0.372 e. The molecule has 1 fully saturated rings. The van der Waals surface area contributed by atoms with Gasteiger partial charge in [0.1, 0.15) is 5.82 Å². The Morgan fingerprint density at radius 2 is 2.00 bits per heavy atom. The molecule has 1 aliphatic rings. The van der Waals surface area contributed by atoms with Crippen LogP contribution in [0.3, 0.4) is 0 Å². The molecule has 94 valence electrons. The van der Waals surface area contributed by atoms with E-state index in [1.807, 2.05) is 6.07 Å². The van der Waals surface area contributed by atoms with Gasteiger partial charge < -0.3 is 10.2 Å². The molecule has 1 saturated carbocycles. The number of nitrogens with zero attached hydrogens (tertiary/aromatic N) is 1. The summed E-state index contributed by atoms with van der Waals surface area (Å²) in [7, 11) is 0. The average Bonchev–Trinajstić information content (AvgIpc) is 3.14. The van der Waals surface area contributed by atoms with E-state index in [2.05, 4.69) is 24.1 Å². The van der Waals surface area contributed by atoms with Crippen LogP contribution < -0.4 is 10.2 Å². The topological polar surface area (TPSA) is 15.3 Å². The number of benzene rings is 1. The Bertz CT molecular complexity index is 370. The molecule has 0 radical (unpaired) electrons. The van der Waals surface area contributed by atoms with Crippen molar-refractivity contribution in [1.29, 1.82) is 0 Å². The third-order valence-corrected chi connectivity index (χ3v) is 3.30. The Kier molecular flexibility index (Phi) is 4.00. The molecule has 0 atom stereocenters. The van der Waals surface area contributed by atoms with Crippen LogP contribution in [-0.4, -0.2) is 19.1 Å². The first-order valence-corrected chi connectivity index (χ1v) is 6.51. The maximum Gasteiger partial charge on any atom is 0.123 e. The summed E-state index contributed by atoms with van der Waals surface area (Å²) in [5.41, 5.74) is 2.23. The van der Waals surface area contributed by atoms with E-state index in [1.165, 1.54) is 12.8 Å².